The highest BCUT2D eigenvalue weighted by Crippen LogP contribution is 1.92. The molecule has 0 aliphatic heterocycles. The van der Waals surface area contributed by atoms with E-state index in [1.54, 1.807) is 0 Å². The fraction of sp³-hybridized carbons (Fsp3) is 0.625. The average molecular weight is 218 g/mol. The van der Waals surface area contributed by atoms with Gasteiger partial charge in [-0.2, -0.15) is 0 Å². The molecule has 0 fully saturated rings. The van der Waals surface area contributed by atoms with Crippen LogP contribution in [0.1, 0.15) is 13.3 Å². The maximum absolute atomic E-state index is 11.0. The number of aliphatic carboxylic acids is 1. The lowest BCUT2D eigenvalue weighted by atomic mass is 10.4. The number of ether oxygens (including phenoxy) is 1. The quantitative estimate of drug-likeness (QED) is 0.567. The third kappa shape index (κ3) is 6.44. The van der Waals surface area contributed by atoms with E-state index < -0.39 is 24.0 Å². The summed E-state index contributed by atoms with van der Waals surface area (Å²) in [6.45, 7) is 1.31. The molecule has 1 atom stereocenters. The summed E-state index contributed by atoms with van der Waals surface area (Å²) in [6, 6.07) is -0.605. The second-order valence-electron chi connectivity index (χ2n) is 2.73. The zero-order valence-corrected chi connectivity index (χ0v) is 8.57. The van der Waals surface area contributed by atoms with E-state index in [0.29, 0.717) is 0 Å². The van der Waals surface area contributed by atoms with Gasteiger partial charge < -0.3 is 15.2 Å². The molecule has 7 heteroatoms. The molecule has 0 bridgehead atoms. The highest BCUT2D eigenvalue weighted by Gasteiger charge is 2.12. The zero-order valence-electron chi connectivity index (χ0n) is 8.57. The summed E-state index contributed by atoms with van der Waals surface area (Å²) in [6.07, 6.45) is -1.02. The molecule has 0 aliphatic carbocycles. The Morgan fingerprint density at radius 2 is 2.00 bits per heavy atom. The molecule has 0 unspecified atom stereocenters. The molecule has 0 aromatic rings. The maximum Gasteiger partial charge on any atom is 0.332 e. The van der Waals surface area contributed by atoms with E-state index in [1.807, 2.05) is 5.32 Å². The van der Waals surface area contributed by atoms with Crippen LogP contribution in [0, 0.1) is 0 Å². The first-order valence-electron chi connectivity index (χ1n) is 4.33. The van der Waals surface area contributed by atoms with Crippen molar-refractivity contribution < 1.29 is 24.2 Å². The Labute approximate surface area is 86.8 Å². The van der Waals surface area contributed by atoms with Gasteiger partial charge in [0.2, 0.25) is 5.91 Å². The number of carbonyl (C=O) groups is 3. The van der Waals surface area contributed by atoms with Crippen molar-refractivity contribution in [2.75, 3.05) is 13.7 Å². The van der Waals surface area contributed by atoms with Crippen molar-refractivity contribution in [3.05, 3.63) is 0 Å². The standard InChI is InChI=1S/C8H14N2O5/c1-5(7(12)13)15-4-3-6(11)10-8(14)9-2/h5H,3-4H2,1-2H3,(H,12,13)(H2,9,10,11,14)/t5-/m0/s1. The van der Waals surface area contributed by atoms with Crippen LogP contribution in [-0.2, 0) is 14.3 Å². The number of hydrogen-bond acceptors (Lipinski definition) is 4. The van der Waals surface area contributed by atoms with Crippen molar-refractivity contribution in [3.8, 4) is 0 Å². The zero-order chi connectivity index (χ0) is 11.8. The van der Waals surface area contributed by atoms with Crippen LogP contribution in [0.4, 0.5) is 4.79 Å². The van der Waals surface area contributed by atoms with Crippen LogP contribution in [0.5, 0.6) is 0 Å². The molecule has 86 valence electrons. The van der Waals surface area contributed by atoms with Crippen LogP contribution in [0.2, 0.25) is 0 Å². The first-order chi connectivity index (χ1) is 6.97. The molecule has 0 radical (unpaired) electrons. The second-order valence-corrected chi connectivity index (χ2v) is 2.73. The van der Waals surface area contributed by atoms with Gasteiger partial charge in [-0.1, -0.05) is 0 Å². The third-order valence-corrected chi connectivity index (χ3v) is 1.52. The van der Waals surface area contributed by atoms with Gasteiger partial charge in [-0.25, -0.2) is 9.59 Å². The van der Waals surface area contributed by atoms with E-state index >= 15 is 0 Å². The number of urea groups is 1. The number of imide groups is 1. The molecule has 0 saturated carbocycles. The van der Waals surface area contributed by atoms with Crippen molar-refractivity contribution in [2.45, 2.75) is 19.4 Å². The van der Waals surface area contributed by atoms with Crippen LogP contribution >= 0.6 is 0 Å². The predicted octanol–water partition coefficient (Wildman–Crippen LogP) is -0.678. The normalized spacial score (nSPS) is 11.6. The number of nitrogens with one attached hydrogen (secondary N) is 2. The van der Waals surface area contributed by atoms with Crippen molar-refractivity contribution in [1.82, 2.24) is 10.6 Å². The van der Waals surface area contributed by atoms with Crippen LogP contribution in [0.25, 0.3) is 0 Å². The summed E-state index contributed by atoms with van der Waals surface area (Å²) < 4.78 is 4.80. The van der Waals surface area contributed by atoms with E-state index in [9.17, 15) is 14.4 Å². The van der Waals surface area contributed by atoms with Gasteiger partial charge in [-0.15, -0.1) is 0 Å². The number of carboxylic acid groups (broad SMARTS) is 1. The van der Waals surface area contributed by atoms with Crippen molar-refractivity contribution in [3.63, 3.8) is 0 Å². The molecule has 0 heterocycles. The minimum Gasteiger partial charge on any atom is -0.479 e. The lowest BCUT2D eigenvalue weighted by Crippen LogP contribution is -2.38. The molecule has 0 aliphatic rings. The Hall–Kier alpha value is -1.63. The molecule has 3 N–H and O–H groups in total. The fourth-order valence-corrected chi connectivity index (χ4v) is 0.651. The molecule has 0 saturated heterocycles. The first-order valence-corrected chi connectivity index (χ1v) is 4.33. The van der Waals surface area contributed by atoms with Crippen molar-refractivity contribution in [1.29, 1.82) is 0 Å². The van der Waals surface area contributed by atoms with E-state index in [1.165, 1.54) is 14.0 Å². The molecule has 0 aromatic carbocycles. The van der Waals surface area contributed by atoms with Crippen molar-refractivity contribution >= 4 is 17.9 Å². The number of hydrogen-bond donors (Lipinski definition) is 3. The van der Waals surface area contributed by atoms with Gasteiger partial charge in [0, 0.05) is 7.05 Å². The van der Waals surface area contributed by atoms with E-state index in [4.69, 9.17) is 9.84 Å². The molecular weight excluding hydrogens is 204 g/mol. The highest BCUT2D eigenvalue weighted by molar-refractivity contribution is 5.94. The fourth-order valence-electron chi connectivity index (χ4n) is 0.651. The van der Waals surface area contributed by atoms with Gasteiger partial charge in [-0.3, -0.25) is 10.1 Å². The van der Waals surface area contributed by atoms with Gasteiger partial charge in [0.15, 0.2) is 6.10 Å². The minimum absolute atomic E-state index is 0.0453. The number of carbonyl (C=O) groups excluding carboxylic acids is 2. The summed E-state index contributed by atoms with van der Waals surface area (Å²) >= 11 is 0. The number of carboxylic acids is 1. The monoisotopic (exact) mass is 218 g/mol. The van der Waals surface area contributed by atoms with Gasteiger partial charge in [0.1, 0.15) is 0 Å². The van der Waals surface area contributed by atoms with Gasteiger partial charge in [0.05, 0.1) is 13.0 Å². The Balaban J connectivity index is 3.64. The topological polar surface area (TPSA) is 105 Å². The Morgan fingerprint density at radius 3 is 2.47 bits per heavy atom. The van der Waals surface area contributed by atoms with Crippen LogP contribution in [0.15, 0.2) is 0 Å². The van der Waals surface area contributed by atoms with Gasteiger partial charge in [-0.05, 0) is 6.92 Å². The number of amides is 3. The summed E-state index contributed by atoms with van der Waals surface area (Å²) in [7, 11) is 1.38. The number of rotatable bonds is 5. The van der Waals surface area contributed by atoms with Gasteiger partial charge >= 0.3 is 12.0 Å². The predicted molar refractivity (Wildman–Crippen MR) is 50.3 cm³/mol. The molecule has 7 nitrogen and oxygen atoms in total. The largest absolute Gasteiger partial charge is 0.479 e. The highest BCUT2D eigenvalue weighted by atomic mass is 16.5. The first kappa shape index (κ1) is 13.4. The SMILES string of the molecule is CNC(=O)NC(=O)CCO[C@@H](C)C(=O)O. The van der Waals surface area contributed by atoms with Crippen LogP contribution in [-0.4, -0.2) is 42.8 Å². The van der Waals surface area contributed by atoms with E-state index in [2.05, 4.69) is 5.32 Å². The summed E-state index contributed by atoms with van der Waals surface area (Å²) in [5.41, 5.74) is 0. The maximum atomic E-state index is 11.0. The van der Waals surface area contributed by atoms with Crippen LogP contribution in [0.3, 0.4) is 0 Å². The minimum atomic E-state index is -1.10. The summed E-state index contributed by atoms with van der Waals surface area (Å²) in [5, 5.41) is 12.7. The molecule has 3 amide bonds. The molecule has 0 rings (SSSR count). The Kier molecular flexibility index (Phi) is 6.03. The molecule has 0 aromatic heterocycles. The summed E-state index contributed by atoms with van der Waals surface area (Å²) in [4.78, 5) is 31.9. The third-order valence-electron chi connectivity index (χ3n) is 1.52. The molecule has 0 spiro atoms. The molecule has 15 heavy (non-hydrogen) atoms. The Bertz CT molecular complexity index is 253. The average Bonchev–Trinajstić information content (AvgIpc) is 2.17. The van der Waals surface area contributed by atoms with E-state index in [-0.39, 0.29) is 13.0 Å². The van der Waals surface area contributed by atoms with Crippen LogP contribution < -0.4 is 10.6 Å². The smallest absolute Gasteiger partial charge is 0.332 e. The summed E-state index contributed by atoms with van der Waals surface area (Å²) in [5.74, 6) is -1.62. The second kappa shape index (κ2) is 6.77. The molecular formula is C8H14N2O5. The lowest BCUT2D eigenvalue weighted by Gasteiger charge is -2.07. The van der Waals surface area contributed by atoms with Crippen molar-refractivity contribution in [2.24, 2.45) is 0 Å². The lowest BCUT2D eigenvalue weighted by molar-refractivity contribution is -0.149. The van der Waals surface area contributed by atoms with Gasteiger partial charge in [0.25, 0.3) is 0 Å². The Morgan fingerprint density at radius 1 is 1.40 bits per heavy atom. The van der Waals surface area contributed by atoms with E-state index in [0.717, 1.165) is 0 Å².